The van der Waals surface area contributed by atoms with Crippen LogP contribution in [0, 0.1) is 0 Å². The van der Waals surface area contributed by atoms with Crippen molar-refractivity contribution >= 4 is 25.6 Å². The summed E-state index contributed by atoms with van der Waals surface area (Å²) >= 11 is 0. The average molecular weight is 416 g/mol. The second-order valence-electron chi connectivity index (χ2n) is 5.84. The topological polar surface area (TPSA) is 94.6 Å². The van der Waals surface area contributed by atoms with Gasteiger partial charge in [0.15, 0.2) is 0 Å². The largest absolute Gasteiger partial charge is 0.425 e. The molecule has 0 amide bonds. The Morgan fingerprint density at radius 1 is 0.679 bits per heavy atom. The minimum Gasteiger partial charge on any atom is -0.425 e. The number of carbonyl (C=O) groups is 1. The first kappa shape index (κ1) is 19.8. The molecule has 6 nitrogen and oxygen atoms in total. The van der Waals surface area contributed by atoms with Gasteiger partial charge in [0.05, 0.1) is 14.7 Å². The number of carbonyl (C=O) groups excluding carboxylic acids is 1. The Morgan fingerprint density at radius 3 is 1.68 bits per heavy atom. The summed E-state index contributed by atoms with van der Waals surface area (Å²) < 4.78 is 56.9. The van der Waals surface area contributed by atoms with E-state index in [-0.39, 0.29) is 20.4 Å². The van der Waals surface area contributed by atoms with Crippen molar-refractivity contribution in [2.75, 3.05) is 0 Å². The van der Waals surface area contributed by atoms with Gasteiger partial charge in [-0.2, -0.15) is 0 Å². The van der Waals surface area contributed by atoms with E-state index in [1.807, 2.05) is 0 Å². The van der Waals surface area contributed by atoms with E-state index in [1.54, 1.807) is 36.4 Å². The molecule has 0 aliphatic carbocycles. The van der Waals surface area contributed by atoms with Crippen molar-refractivity contribution < 1.29 is 26.4 Å². The van der Waals surface area contributed by atoms with Gasteiger partial charge in [0.1, 0.15) is 10.6 Å². The van der Waals surface area contributed by atoms with Crippen LogP contribution in [0.15, 0.2) is 98.4 Å². The Balaban J connectivity index is 2.23. The number of ether oxygens (including phenoxy) is 1. The number of esters is 1. The molecule has 144 valence electrons. The first-order valence-electron chi connectivity index (χ1n) is 8.15. The van der Waals surface area contributed by atoms with Crippen LogP contribution in [0.5, 0.6) is 5.75 Å². The lowest BCUT2D eigenvalue weighted by molar-refractivity contribution is -0.132. The Morgan fingerprint density at radius 2 is 1.18 bits per heavy atom. The molecular formula is C20H16O6S2. The van der Waals surface area contributed by atoms with E-state index < -0.39 is 30.5 Å². The van der Waals surface area contributed by atoms with Gasteiger partial charge in [-0.1, -0.05) is 36.4 Å². The number of hydrogen-bond donors (Lipinski definition) is 0. The molecule has 0 bridgehead atoms. The lowest BCUT2D eigenvalue weighted by atomic mass is 10.3. The minimum atomic E-state index is -4.12. The number of sulfone groups is 2. The Bertz CT molecular complexity index is 1220. The van der Waals surface area contributed by atoms with Gasteiger partial charge in [-0.15, -0.1) is 0 Å². The van der Waals surface area contributed by atoms with Gasteiger partial charge in [-0.3, -0.25) is 4.79 Å². The van der Waals surface area contributed by atoms with Crippen molar-refractivity contribution in [2.24, 2.45) is 0 Å². The minimum absolute atomic E-state index is 0.0262. The van der Waals surface area contributed by atoms with Crippen LogP contribution in [-0.2, 0) is 24.5 Å². The van der Waals surface area contributed by atoms with Crippen molar-refractivity contribution in [2.45, 2.75) is 26.5 Å². The van der Waals surface area contributed by atoms with Gasteiger partial charge in [0.2, 0.25) is 19.7 Å². The molecule has 0 radical (unpaired) electrons. The van der Waals surface area contributed by atoms with Crippen LogP contribution < -0.4 is 4.74 Å². The van der Waals surface area contributed by atoms with Crippen LogP contribution in [0.2, 0.25) is 0 Å². The zero-order valence-corrected chi connectivity index (χ0v) is 16.4. The highest BCUT2D eigenvalue weighted by Gasteiger charge is 2.27. The quantitative estimate of drug-likeness (QED) is 0.468. The standard InChI is InChI=1S/C20H16O6S2/c1-15(21)26-19-13-12-18(27(22,23)16-8-4-2-5-9-16)14-20(19)28(24,25)17-10-6-3-7-11-17/h2-14H,1H3. The number of hydrogen-bond acceptors (Lipinski definition) is 6. The summed E-state index contributed by atoms with van der Waals surface area (Å²) in [5.74, 6) is -0.952. The van der Waals surface area contributed by atoms with Gasteiger partial charge in [-0.05, 0) is 42.5 Å². The van der Waals surface area contributed by atoms with E-state index in [0.29, 0.717) is 0 Å². The van der Waals surface area contributed by atoms with Gasteiger partial charge in [0, 0.05) is 6.92 Å². The van der Waals surface area contributed by atoms with Crippen LogP contribution in [0.4, 0.5) is 0 Å². The van der Waals surface area contributed by atoms with Crippen LogP contribution in [-0.4, -0.2) is 22.8 Å². The zero-order chi connectivity index (χ0) is 20.4. The molecule has 28 heavy (non-hydrogen) atoms. The van der Waals surface area contributed by atoms with Crippen molar-refractivity contribution in [3.63, 3.8) is 0 Å². The fraction of sp³-hybridized carbons (Fsp3) is 0.0500. The summed E-state index contributed by atoms with van der Waals surface area (Å²) in [4.78, 5) is 10.8. The smallest absolute Gasteiger partial charge is 0.308 e. The van der Waals surface area contributed by atoms with Crippen molar-refractivity contribution in [3.05, 3.63) is 78.9 Å². The maximum Gasteiger partial charge on any atom is 0.308 e. The van der Waals surface area contributed by atoms with E-state index in [9.17, 15) is 21.6 Å². The fourth-order valence-electron chi connectivity index (χ4n) is 2.57. The molecule has 3 aromatic rings. The van der Waals surface area contributed by atoms with E-state index in [2.05, 4.69) is 0 Å². The molecule has 0 unspecified atom stereocenters. The van der Waals surface area contributed by atoms with Gasteiger partial charge >= 0.3 is 5.97 Å². The van der Waals surface area contributed by atoms with Crippen LogP contribution in [0.3, 0.4) is 0 Å². The molecule has 0 aromatic heterocycles. The molecule has 0 saturated heterocycles. The molecule has 0 heterocycles. The first-order chi connectivity index (χ1) is 13.2. The third-order valence-electron chi connectivity index (χ3n) is 3.88. The predicted molar refractivity (Wildman–Crippen MR) is 102 cm³/mol. The second kappa shape index (κ2) is 7.57. The van der Waals surface area contributed by atoms with E-state index >= 15 is 0 Å². The number of rotatable bonds is 5. The maximum absolute atomic E-state index is 13.1. The molecule has 3 rings (SSSR count). The molecule has 0 N–H and O–H groups in total. The summed E-state index contributed by atoms with van der Waals surface area (Å²) in [6.07, 6.45) is 0. The molecule has 0 atom stereocenters. The lowest BCUT2D eigenvalue weighted by Crippen LogP contribution is -2.11. The predicted octanol–water partition coefficient (Wildman–Crippen LogP) is 3.28. The monoisotopic (exact) mass is 416 g/mol. The van der Waals surface area contributed by atoms with E-state index in [0.717, 1.165) is 13.0 Å². The summed E-state index contributed by atoms with van der Waals surface area (Å²) in [6, 6.07) is 18.6. The third kappa shape index (κ3) is 3.83. The molecular weight excluding hydrogens is 400 g/mol. The molecule has 0 aliphatic heterocycles. The normalized spacial score (nSPS) is 11.8. The lowest BCUT2D eigenvalue weighted by Gasteiger charge is -2.12. The molecule has 0 aliphatic rings. The number of benzene rings is 3. The van der Waals surface area contributed by atoms with Gasteiger partial charge in [-0.25, -0.2) is 16.8 Å². The Kier molecular flexibility index (Phi) is 5.35. The summed E-state index contributed by atoms with van der Waals surface area (Å²) in [5, 5.41) is 0. The van der Waals surface area contributed by atoms with Crippen LogP contribution in [0.25, 0.3) is 0 Å². The van der Waals surface area contributed by atoms with Gasteiger partial charge in [0.25, 0.3) is 0 Å². The third-order valence-corrected chi connectivity index (χ3v) is 7.43. The Hall–Kier alpha value is -2.97. The molecule has 0 spiro atoms. The molecule has 0 fully saturated rings. The van der Waals surface area contributed by atoms with Crippen LogP contribution in [0.1, 0.15) is 6.92 Å². The SMILES string of the molecule is CC(=O)Oc1ccc(S(=O)(=O)c2ccccc2)cc1S(=O)(=O)c1ccccc1. The average Bonchev–Trinajstić information content (AvgIpc) is 2.69. The summed E-state index contributed by atoms with van der Waals surface area (Å²) in [5.41, 5.74) is 0. The van der Waals surface area contributed by atoms with Crippen LogP contribution >= 0.6 is 0 Å². The zero-order valence-electron chi connectivity index (χ0n) is 14.8. The fourth-order valence-corrected chi connectivity index (χ4v) is 5.38. The Labute approximate surface area is 163 Å². The second-order valence-corrected chi connectivity index (χ2v) is 9.70. The maximum atomic E-state index is 13.1. The molecule has 0 saturated carbocycles. The summed E-state index contributed by atoms with van der Waals surface area (Å²) in [6.45, 7) is 1.13. The van der Waals surface area contributed by atoms with Crippen molar-refractivity contribution in [3.8, 4) is 5.75 Å². The van der Waals surface area contributed by atoms with E-state index in [4.69, 9.17) is 4.74 Å². The molecule has 8 heteroatoms. The van der Waals surface area contributed by atoms with Crippen molar-refractivity contribution in [1.29, 1.82) is 0 Å². The van der Waals surface area contributed by atoms with Gasteiger partial charge < -0.3 is 4.74 Å². The van der Waals surface area contributed by atoms with E-state index in [1.165, 1.54) is 36.4 Å². The highest BCUT2D eigenvalue weighted by atomic mass is 32.2. The first-order valence-corrected chi connectivity index (χ1v) is 11.1. The van der Waals surface area contributed by atoms with Crippen molar-refractivity contribution in [1.82, 2.24) is 0 Å². The molecule has 3 aromatic carbocycles. The highest BCUT2D eigenvalue weighted by molar-refractivity contribution is 7.92. The highest BCUT2D eigenvalue weighted by Crippen LogP contribution is 2.33. The summed E-state index contributed by atoms with van der Waals surface area (Å²) in [7, 11) is -8.08.